The van der Waals surface area contributed by atoms with Gasteiger partial charge in [-0.15, -0.1) is 0 Å². The van der Waals surface area contributed by atoms with E-state index in [4.69, 9.17) is 11.6 Å². The molecule has 0 heterocycles. The van der Waals surface area contributed by atoms with Crippen molar-refractivity contribution in [2.75, 3.05) is 11.6 Å². The second-order valence-corrected chi connectivity index (χ2v) is 8.89. The Balaban J connectivity index is 2.18. The van der Waals surface area contributed by atoms with Crippen LogP contribution in [0.4, 0.5) is 5.69 Å². The molecule has 2 amide bonds. The van der Waals surface area contributed by atoms with Crippen LogP contribution in [0, 0.1) is 5.92 Å². The van der Waals surface area contributed by atoms with Gasteiger partial charge < -0.3 is 10.6 Å². The maximum Gasteiger partial charge on any atom is 0.253 e. The molecule has 0 aromatic heterocycles. The maximum atomic E-state index is 12.7. The van der Waals surface area contributed by atoms with Gasteiger partial charge in [-0.05, 0) is 36.2 Å². The van der Waals surface area contributed by atoms with Crippen molar-refractivity contribution < 1.29 is 18.0 Å². The van der Waals surface area contributed by atoms with Gasteiger partial charge in [0.2, 0.25) is 5.91 Å². The van der Waals surface area contributed by atoms with Crippen molar-refractivity contribution in [3.8, 4) is 0 Å². The van der Waals surface area contributed by atoms with Crippen molar-refractivity contribution in [2.45, 2.75) is 24.8 Å². The first-order valence-electron chi connectivity index (χ1n) is 8.26. The van der Waals surface area contributed by atoms with E-state index in [2.05, 4.69) is 10.6 Å². The van der Waals surface area contributed by atoms with Crippen LogP contribution in [0.2, 0.25) is 5.02 Å². The standard InChI is InChI=1S/C19H21ClN2O4S/c1-12(2)17(22-18(23)15-9-4-5-10-16(15)20)19(24)21-13-7-6-8-14(11-13)27(3,25)26/h4-12,17H,1-3H3,(H,21,24)(H,22,23)/t17-/m0/s1. The molecule has 2 aromatic carbocycles. The lowest BCUT2D eigenvalue weighted by atomic mass is 10.0. The molecule has 27 heavy (non-hydrogen) atoms. The van der Waals surface area contributed by atoms with Crippen molar-refractivity contribution >= 4 is 38.9 Å². The van der Waals surface area contributed by atoms with E-state index in [1.165, 1.54) is 12.1 Å². The van der Waals surface area contributed by atoms with E-state index in [1.807, 2.05) is 0 Å². The second kappa shape index (κ2) is 8.54. The third kappa shape index (κ3) is 5.55. The van der Waals surface area contributed by atoms with Crippen LogP contribution in [0.5, 0.6) is 0 Å². The topological polar surface area (TPSA) is 92.3 Å². The number of nitrogens with one attached hydrogen (secondary N) is 2. The van der Waals surface area contributed by atoms with E-state index in [1.54, 1.807) is 50.2 Å². The van der Waals surface area contributed by atoms with Gasteiger partial charge in [0.1, 0.15) is 6.04 Å². The average molecular weight is 409 g/mol. The Kier molecular flexibility index (Phi) is 6.62. The lowest BCUT2D eigenvalue weighted by Gasteiger charge is -2.22. The molecule has 0 aliphatic rings. The molecule has 0 spiro atoms. The van der Waals surface area contributed by atoms with Gasteiger partial charge >= 0.3 is 0 Å². The third-order valence-electron chi connectivity index (χ3n) is 3.88. The molecule has 0 unspecified atom stereocenters. The number of carbonyl (C=O) groups is 2. The van der Waals surface area contributed by atoms with Gasteiger partial charge in [0.05, 0.1) is 15.5 Å². The highest BCUT2D eigenvalue weighted by atomic mass is 35.5. The van der Waals surface area contributed by atoms with Crippen LogP contribution in [0.25, 0.3) is 0 Å². The molecule has 2 N–H and O–H groups in total. The first-order valence-corrected chi connectivity index (χ1v) is 10.5. The largest absolute Gasteiger partial charge is 0.340 e. The zero-order valence-electron chi connectivity index (χ0n) is 15.2. The van der Waals surface area contributed by atoms with E-state index >= 15 is 0 Å². The normalized spacial score (nSPS) is 12.5. The Morgan fingerprint density at radius 1 is 1.04 bits per heavy atom. The number of benzene rings is 2. The first-order chi connectivity index (χ1) is 12.6. The molecule has 8 heteroatoms. The summed E-state index contributed by atoms with van der Waals surface area (Å²) >= 11 is 6.03. The van der Waals surface area contributed by atoms with Gasteiger partial charge in [0, 0.05) is 11.9 Å². The van der Waals surface area contributed by atoms with Crippen LogP contribution in [-0.4, -0.2) is 32.5 Å². The Bertz CT molecular complexity index is 958. The molecule has 0 saturated carbocycles. The Morgan fingerprint density at radius 3 is 2.30 bits per heavy atom. The average Bonchev–Trinajstić information content (AvgIpc) is 2.59. The van der Waals surface area contributed by atoms with E-state index in [-0.39, 0.29) is 16.4 Å². The number of carbonyl (C=O) groups excluding carboxylic acids is 2. The van der Waals surface area contributed by atoms with Crippen molar-refractivity contribution in [3.05, 3.63) is 59.1 Å². The fourth-order valence-corrected chi connectivity index (χ4v) is 3.31. The minimum Gasteiger partial charge on any atom is -0.340 e. The summed E-state index contributed by atoms with van der Waals surface area (Å²) in [4.78, 5) is 25.2. The molecule has 144 valence electrons. The number of sulfone groups is 1. The van der Waals surface area contributed by atoms with Crippen molar-refractivity contribution in [1.29, 1.82) is 0 Å². The van der Waals surface area contributed by atoms with Gasteiger partial charge in [-0.2, -0.15) is 0 Å². The highest BCUT2D eigenvalue weighted by Crippen LogP contribution is 2.18. The maximum absolute atomic E-state index is 12.7. The highest BCUT2D eigenvalue weighted by Gasteiger charge is 2.25. The van der Waals surface area contributed by atoms with E-state index in [0.29, 0.717) is 10.7 Å². The molecule has 0 aliphatic heterocycles. The van der Waals surface area contributed by atoms with Crippen LogP contribution in [-0.2, 0) is 14.6 Å². The lowest BCUT2D eigenvalue weighted by molar-refractivity contribution is -0.118. The minimum atomic E-state index is -3.39. The Morgan fingerprint density at radius 2 is 1.70 bits per heavy atom. The van der Waals surface area contributed by atoms with Gasteiger partial charge in [-0.3, -0.25) is 9.59 Å². The van der Waals surface area contributed by atoms with E-state index in [0.717, 1.165) is 6.26 Å². The number of halogens is 1. The van der Waals surface area contributed by atoms with Crippen molar-refractivity contribution in [1.82, 2.24) is 5.32 Å². The Hall–Kier alpha value is -2.38. The summed E-state index contributed by atoms with van der Waals surface area (Å²) in [6, 6.07) is 11.7. The smallest absolute Gasteiger partial charge is 0.253 e. The molecule has 0 saturated heterocycles. The summed E-state index contributed by atoms with van der Waals surface area (Å²) in [5, 5.41) is 5.63. The van der Waals surface area contributed by atoms with Crippen LogP contribution in [0.1, 0.15) is 24.2 Å². The molecule has 1 atom stereocenters. The zero-order valence-corrected chi connectivity index (χ0v) is 16.8. The van der Waals surface area contributed by atoms with Crippen molar-refractivity contribution in [2.24, 2.45) is 5.92 Å². The summed E-state index contributed by atoms with van der Waals surface area (Å²) in [6.07, 6.45) is 1.09. The summed E-state index contributed by atoms with van der Waals surface area (Å²) in [6.45, 7) is 3.59. The second-order valence-electron chi connectivity index (χ2n) is 6.46. The van der Waals surface area contributed by atoms with Crippen molar-refractivity contribution in [3.63, 3.8) is 0 Å². The molecule has 0 aliphatic carbocycles. The van der Waals surface area contributed by atoms with Crippen LogP contribution in [0.15, 0.2) is 53.4 Å². The van der Waals surface area contributed by atoms with Crippen LogP contribution >= 0.6 is 11.6 Å². The fourth-order valence-electron chi connectivity index (χ4n) is 2.42. The van der Waals surface area contributed by atoms with Gasteiger partial charge in [-0.25, -0.2) is 8.42 Å². The molecule has 2 rings (SSSR count). The zero-order chi connectivity index (χ0) is 20.2. The van der Waals surface area contributed by atoms with E-state index < -0.39 is 27.7 Å². The van der Waals surface area contributed by atoms with Gasteiger partial charge in [-0.1, -0.05) is 43.6 Å². The monoisotopic (exact) mass is 408 g/mol. The molecule has 0 fully saturated rings. The summed E-state index contributed by atoms with van der Waals surface area (Å²) in [7, 11) is -3.39. The van der Waals surface area contributed by atoms with Gasteiger partial charge in [0.25, 0.3) is 5.91 Å². The number of hydrogen-bond acceptors (Lipinski definition) is 4. The Labute approximate surface area is 163 Å². The fraction of sp³-hybridized carbons (Fsp3) is 0.263. The number of amides is 2. The molecule has 0 radical (unpaired) electrons. The SMILES string of the molecule is CC(C)[C@H](NC(=O)c1ccccc1Cl)C(=O)Nc1cccc(S(C)(=O)=O)c1. The third-order valence-corrected chi connectivity index (χ3v) is 5.32. The van der Waals surface area contributed by atoms with Gasteiger partial charge in [0.15, 0.2) is 9.84 Å². The molecular weight excluding hydrogens is 388 g/mol. The summed E-state index contributed by atoms with van der Waals surface area (Å²) < 4.78 is 23.3. The molecule has 2 aromatic rings. The minimum absolute atomic E-state index is 0.0986. The van der Waals surface area contributed by atoms with Crippen LogP contribution < -0.4 is 10.6 Å². The quantitative estimate of drug-likeness (QED) is 0.767. The molecule has 6 nitrogen and oxygen atoms in total. The number of rotatable bonds is 6. The summed E-state index contributed by atoms with van der Waals surface area (Å²) in [5.41, 5.74) is 0.609. The lowest BCUT2D eigenvalue weighted by Crippen LogP contribution is -2.47. The molecule has 0 bridgehead atoms. The predicted molar refractivity (Wildman–Crippen MR) is 106 cm³/mol. The molecular formula is C19H21ClN2O4S. The van der Waals surface area contributed by atoms with Crippen LogP contribution in [0.3, 0.4) is 0 Å². The first kappa shape index (κ1) is 20.9. The number of hydrogen-bond donors (Lipinski definition) is 2. The summed E-state index contributed by atoms with van der Waals surface area (Å²) in [5.74, 6) is -1.11. The highest BCUT2D eigenvalue weighted by molar-refractivity contribution is 7.90. The van der Waals surface area contributed by atoms with E-state index in [9.17, 15) is 18.0 Å². The predicted octanol–water partition coefficient (Wildman–Crippen LogP) is 3.14. The number of anilines is 1.